The highest BCUT2D eigenvalue weighted by molar-refractivity contribution is 7.48. The van der Waals surface area contributed by atoms with E-state index in [-0.39, 0.29) is 44.2 Å². The second-order valence-electron chi connectivity index (χ2n) is 11.9. The molecule has 1 aliphatic rings. The number of amides is 1. The molecule has 0 bridgehead atoms. The molecule has 1 fully saturated rings. The van der Waals surface area contributed by atoms with Gasteiger partial charge in [0.25, 0.3) is 5.91 Å². The lowest BCUT2D eigenvalue weighted by Gasteiger charge is -2.28. The normalized spacial score (nSPS) is 18.0. The zero-order valence-corrected chi connectivity index (χ0v) is 28.4. The summed E-state index contributed by atoms with van der Waals surface area (Å²) in [5, 5.41) is 6.28. The molecule has 0 radical (unpaired) electrons. The van der Waals surface area contributed by atoms with Gasteiger partial charge in [-0.3, -0.25) is 28.2 Å². The number of hydrogen-bond donors (Lipinski definition) is 2. The maximum Gasteiger partial charge on any atom is 0.475 e. The Morgan fingerprint density at radius 2 is 1.49 bits per heavy atom. The van der Waals surface area contributed by atoms with Crippen molar-refractivity contribution >= 4 is 30.7 Å². The van der Waals surface area contributed by atoms with Crippen molar-refractivity contribution in [1.29, 1.82) is 0 Å². The summed E-state index contributed by atoms with van der Waals surface area (Å²) < 4.78 is 45.4. The molecule has 13 nitrogen and oxygen atoms in total. The van der Waals surface area contributed by atoms with Crippen molar-refractivity contribution in [2.75, 3.05) is 18.5 Å². The van der Waals surface area contributed by atoms with Crippen LogP contribution in [0.5, 0.6) is 0 Å². The number of fused-ring (bicyclic) bond motifs is 1. The first kappa shape index (κ1) is 34.5. The van der Waals surface area contributed by atoms with Gasteiger partial charge in [0.15, 0.2) is 22.8 Å². The number of imidazole rings is 1. The van der Waals surface area contributed by atoms with Crippen LogP contribution >= 0.6 is 7.82 Å². The lowest BCUT2D eigenvalue weighted by atomic mass is 10.1. The molecule has 1 saturated heterocycles. The fourth-order valence-corrected chi connectivity index (χ4v) is 6.66. The lowest BCUT2D eigenvalue weighted by molar-refractivity contribution is -0.149. The third-order valence-corrected chi connectivity index (χ3v) is 9.15. The van der Waals surface area contributed by atoms with Crippen LogP contribution in [0.25, 0.3) is 11.2 Å². The lowest BCUT2D eigenvalue weighted by Crippen LogP contribution is -2.42. The molecule has 2 unspecified atom stereocenters. The molecule has 1 aliphatic heterocycles. The second-order valence-corrected chi connectivity index (χ2v) is 13.5. The van der Waals surface area contributed by atoms with Crippen LogP contribution in [0.3, 0.4) is 0 Å². The molecular weight excluding hydrogens is 647 g/mol. The van der Waals surface area contributed by atoms with E-state index in [0.717, 1.165) is 11.1 Å². The van der Waals surface area contributed by atoms with Gasteiger partial charge < -0.3 is 14.8 Å². The second kappa shape index (κ2) is 15.5. The molecule has 1 amide bonds. The van der Waals surface area contributed by atoms with Crippen molar-refractivity contribution in [2.45, 2.75) is 58.1 Å². The van der Waals surface area contributed by atoms with Gasteiger partial charge in [0.1, 0.15) is 18.6 Å². The summed E-state index contributed by atoms with van der Waals surface area (Å²) in [6, 6.07) is 27.6. The van der Waals surface area contributed by atoms with Crippen molar-refractivity contribution in [3.63, 3.8) is 0 Å². The molecule has 14 heteroatoms. The molecular formula is C35H39N6O7P. The number of hydrogen-bond acceptors (Lipinski definition) is 11. The molecule has 256 valence electrons. The summed E-state index contributed by atoms with van der Waals surface area (Å²) in [7, 11) is -3.99. The van der Waals surface area contributed by atoms with E-state index in [1.807, 2.05) is 87.5 Å². The van der Waals surface area contributed by atoms with E-state index in [2.05, 4.69) is 25.6 Å². The maximum absolute atomic E-state index is 13.8. The summed E-state index contributed by atoms with van der Waals surface area (Å²) in [5.41, 5.74) is 3.00. The molecule has 6 rings (SSSR count). The van der Waals surface area contributed by atoms with Crippen LogP contribution in [0, 0.1) is 0 Å². The third kappa shape index (κ3) is 8.83. The van der Waals surface area contributed by atoms with Crippen LogP contribution in [0.1, 0.15) is 48.4 Å². The van der Waals surface area contributed by atoms with Crippen molar-refractivity contribution in [3.05, 3.63) is 120 Å². The quantitative estimate of drug-likeness (QED) is 0.0949. The zero-order valence-electron chi connectivity index (χ0n) is 27.5. The summed E-state index contributed by atoms with van der Waals surface area (Å²) in [6.07, 6.45) is 1.60. The molecule has 0 aliphatic carbocycles. The molecule has 0 saturated carbocycles. The number of rotatable bonds is 15. The predicted molar refractivity (Wildman–Crippen MR) is 182 cm³/mol. The first-order chi connectivity index (χ1) is 23.7. The number of ether oxygens (including phenoxy) is 2. The Morgan fingerprint density at radius 3 is 2.08 bits per heavy atom. The number of anilines is 1. The van der Waals surface area contributed by atoms with Crippen LogP contribution in [0.2, 0.25) is 0 Å². The Labute approximate surface area is 284 Å². The highest BCUT2D eigenvalue weighted by Gasteiger charge is 2.44. The number of carbonyl (C=O) groups is 1. The summed E-state index contributed by atoms with van der Waals surface area (Å²) in [5.74, 6) is -0.894. The molecule has 5 aromatic rings. The van der Waals surface area contributed by atoms with Gasteiger partial charge >= 0.3 is 7.82 Å². The van der Waals surface area contributed by atoms with Gasteiger partial charge in [0.05, 0.1) is 32.3 Å². The van der Waals surface area contributed by atoms with Crippen LogP contribution in [0.4, 0.5) is 5.82 Å². The number of nitrogens with one attached hydrogen (secondary N) is 2. The zero-order chi connectivity index (χ0) is 34.3. The van der Waals surface area contributed by atoms with E-state index in [1.165, 1.54) is 6.33 Å². The van der Waals surface area contributed by atoms with Crippen LogP contribution in [0.15, 0.2) is 104 Å². The largest absolute Gasteiger partial charge is 0.475 e. The van der Waals surface area contributed by atoms with Crippen molar-refractivity contribution < 1.29 is 32.4 Å². The average molecular weight is 687 g/mol. The number of aromatic nitrogens is 4. The van der Waals surface area contributed by atoms with Gasteiger partial charge in [0.2, 0.25) is 0 Å². The Hall–Kier alpha value is -4.33. The number of benzene rings is 3. The highest BCUT2D eigenvalue weighted by atomic mass is 31.2. The Bertz CT molecular complexity index is 1830. The van der Waals surface area contributed by atoms with Gasteiger partial charge in [0, 0.05) is 12.1 Å². The van der Waals surface area contributed by atoms with Crippen molar-refractivity contribution in [1.82, 2.24) is 24.8 Å². The Balaban J connectivity index is 1.19. The monoisotopic (exact) mass is 686 g/mol. The third-order valence-electron chi connectivity index (χ3n) is 7.76. The van der Waals surface area contributed by atoms with E-state index in [4.69, 9.17) is 23.0 Å². The molecule has 3 aromatic carbocycles. The first-order valence-electron chi connectivity index (χ1n) is 15.9. The molecule has 3 atom stereocenters. The van der Waals surface area contributed by atoms with Crippen LogP contribution in [-0.4, -0.2) is 56.6 Å². The summed E-state index contributed by atoms with van der Waals surface area (Å²) >= 11 is 0. The molecule has 49 heavy (non-hydrogen) atoms. The minimum Gasteiger partial charge on any atom is -0.345 e. The Kier molecular flexibility index (Phi) is 10.9. The van der Waals surface area contributed by atoms with E-state index in [1.54, 1.807) is 35.2 Å². The van der Waals surface area contributed by atoms with E-state index in [9.17, 15) is 9.36 Å². The summed E-state index contributed by atoms with van der Waals surface area (Å²) in [4.78, 5) is 26.3. The Morgan fingerprint density at radius 1 is 0.878 bits per heavy atom. The topological polar surface area (TPSA) is 148 Å². The van der Waals surface area contributed by atoms with E-state index in [0.29, 0.717) is 16.7 Å². The first-order valence-corrected chi connectivity index (χ1v) is 17.4. The van der Waals surface area contributed by atoms with E-state index < -0.39 is 25.9 Å². The van der Waals surface area contributed by atoms with Gasteiger partial charge in [-0.05, 0) is 44.0 Å². The summed E-state index contributed by atoms with van der Waals surface area (Å²) in [6.45, 7) is 5.90. The van der Waals surface area contributed by atoms with E-state index >= 15 is 0 Å². The number of phosphoric acid groups is 1. The molecule has 2 aromatic heterocycles. The van der Waals surface area contributed by atoms with Gasteiger partial charge in [-0.15, -0.1) is 0 Å². The highest BCUT2D eigenvalue weighted by Crippen LogP contribution is 2.51. The molecule has 0 spiro atoms. The van der Waals surface area contributed by atoms with Crippen LogP contribution in [-0.2, 0) is 40.8 Å². The number of carbonyl (C=O) groups excluding carboxylic acids is 1. The minimum absolute atomic E-state index is 0.0251. The number of phosphoric ester groups is 1. The predicted octanol–water partition coefficient (Wildman–Crippen LogP) is 6.27. The fraction of sp³-hybridized carbons (Fsp3) is 0.314. The average Bonchev–Trinajstić information content (AvgIpc) is 3.67. The fourth-order valence-electron chi connectivity index (χ4n) is 5.51. The van der Waals surface area contributed by atoms with Crippen molar-refractivity contribution in [3.8, 4) is 0 Å². The van der Waals surface area contributed by atoms with Gasteiger partial charge in [-0.2, -0.15) is 0 Å². The van der Waals surface area contributed by atoms with Crippen LogP contribution < -0.4 is 10.6 Å². The molecule has 3 heterocycles. The van der Waals surface area contributed by atoms with Gasteiger partial charge in [-0.1, -0.05) is 78.9 Å². The smallest absolute Gasteiger partial charge is 0.345 e. The maximum atomic E-state index is 13.8. The number of nitrogens with zero attached hydrogens (tertiary/aromatic N) is 4. The van der Waals surface area contributed by atoms with Crippen molar-refractivity contribution in [2.24, 2.45) is 0 Å². The molecule has 2 N–H and O–H groups in total. The standard InChI is InChI=1S/C35H39N6O7P/c1-25-30(48-35(2,3)47-25)33(41-24-39-29-31(37-23-38-32(29)41)40-34(42)28-17-11-6-12-18-28)36-19-20-44-49(43,45-21-26-13-7-4-8-14-26)46-22-27-15-9-5-10-16-27/h4-18,23-25,30,33,36H,19-22H2,1-3H3,(H,37,38,40,42)/t25-,30?,33?/m0/s1. The SMILES string of the molecule is C[C@@H]1OC(C)(C)OC1C(NCCOP(=O)(OCc1ccccc1)OCc1ccccc1)n1cnc2c(NC(=O)c3ccccc3)ncnc21. The van der Waals surface area contributed by atoms with Gasteiger partial charge in [-0.25, -0.2) is 19.5 Å². The minimum atomic E-state index is -3.99.